The van der Waals surface area contributed by atoms with Crippen molar-refractivity contribution >= 4 is 22.5 Å². The SMILES string of the molecule is ClCCN1CC1c1ccnc2ccccc12. The van der Waals surface area contributed by atoms with Crippen molar-refractivity contribution in [2.24, 2.45) is 0 Å². The summed E-state index contributed by atoms with van der Waals surface area (Å²) in [6.45, 7) is 2.10. The van der Waals surface area contributed by atoms with E-state index >= 15 is 0 Å². The molecule has 1 aliphatic heterocycles. The summed E-state index contributed by atoms with van der Waals surface area (Å²) in [5.41, 5.74) is 2.47. The van der Waals surface area contributed by atoms with Gasteiger partial charge in [0.05, 0.1) is 5.52 Å². The molecule has 1 aliphatic rings. The lowest BCUT2D eigenvalue weighted by atomic mass is 10.1. The lowest BCUT2D eigenvalue weighted by Crippen LogP contribution is -2.02. The quantitative estimate of drug-likeness (QED) is 0.598. The van der Waals surface area contributed by atoms with E-state index in [0.717, 1.165) is 18.6 Å². The Kier molecular flexibility index (Phi) is 2.54. The fourth-order valence-electron chi connectivity index (χ4n) is 2.23. The highest BCUT2D eigenvalue weighted by molar-refractivity contribution is 6.18. The first-order valence-electron chi connectivity index (χ1n) is 5.54. The first-order chi connectivity index (χ1) is 7.90. The van der Waals surface area contributed by atoms with E-state index in [2.05, 4.69) is 34.1 Å². The molecule has 0 bridgehead atoms. The van der Waals surface area contributed by atoms with Crippen LogP contribution in [-0.2, 0) is 0 Å². The van der Waals surface area contributed by atoms with E-state index in [0.29, 0.717) is 11.9 Å². The van der Waals surface area contributed by atoms with Crippen LogP contribution in [0.25, 0.3) is 10.9 Å². The van der Waals surface area contributed by atoms with Gasteiger partial charge >= 0.3 is 0 Å². The normalized spacial score (nSPS) is 23.6. The first-order valence-corrected chi connectivity index (χ1v) is 6.07. The smallest absolute Gasteiger partial charge is 0.0705 e. The Hall–Kier alpha value is -1.12. The predicted molar refractivity (Wildman–Crippen MR) is 66.8 cm³/mol. The van der Waals surface area contributed by atoms with Crippen LogP contribution in [0.5, 0.6) is 0 Å². The van der Waals surface area contributed by atoms with Gasteiger partial charge in [0.2, 0.25) is 0 Å². The molecule has 0 amide bonds. The molecule has 2 aromatic rings. The Morgan fingerprint density at radius 2 is 2.19 bits per heavy atom. The molecule has 1 fully saturated rings. The van der Waals surface area contributed by atoms with Crippen molar-refractivity contribution in [3.05, 3.63) is 42.1 Å². The van der Waals surface area contributed by atoms with E-state index in [9.17, 15) is 0 Å². The van der Waals surface area contributed by atoms with E-state index in [4.69, 9.17) is 11.6 Å². The fourth-order valence-corrected chi connectivity index (χ4v) is 2.45. The van der Waals surface area contributed by atoms with Crippen molar-refractivity contribution in [1.29, 1.82) is 0 Å². The molecule has 3 heteroatoms. The molecule has 0 aliphatic carbocycles. The number of alkyl halides is 1. The minimum atomic E-state index is 0.548. The number of hydrogen-bond donors (Lipinski definition) is 0. The molecule has 82 valence electrons. The largest absolute Gasteiger partial charge is 0.292 e. The zero-order valence-corrected chi connectivity index (χ0v) is 9.69. The number of nitrogens with zero attached hydrogens (tertiary/aromatic N) is 2. The number of fused-ring (bicyclic) bond motifs is 1. The van der Waals surface area contributed by atoms with Crippen molar-refractivity contribution in [3.63, 3.8) is 0 Å². The summed E-state index contributed by atoms with van der Waals surface area (Å²) in [5.74, 6) is 0.708. The number of halogens is 1. The Balaban J connectivity index is 1.99. The van der Waals surface area contributed by atoms with Crippen LogP contribution in [0.2, 0.25) is 0 Å². The molecule has 0 saturated carbocycles. The zero-order chi connectivity index (χ0) is 11.0. The third-order valence-corrected chi connectivity index (χ3v) is 3.30. The van der Waals surface area contributed by atoms with Gasteiger partial charge in [0.1, 0.15) is 0 Å². The standard InChI is InChI=1S/C13H13ClN2/c14-6-8-16-9-13(16)11-5-7-15-12-4-2-1-3-10(11)12/h1-5,7,13H,6,8-9H2. The molecular formula is C13H13ClN2. The summed E-state index contributed by atoms with van der Waals surface area (Å²) in [6, 6.07) is 11.0. The fraction of sp³-hybridized carbons (Fsp3) is 0.308. The molecular weight excluding hydrogens is 220 g/mol. The highest BCUT2D eigenvalue weighted by Gasteiger charge is 2.35. The number of hydrogen-bond acceptors (Lipinski definition) is 2. The van der Waals surface area contributed by atoms with Gasteiger partial charge < -0.3 is 0 Å². The third kappa shape index (κ3) is 1.68. The number of aromatic nitrogens is 1. The van der Waals surface area contributed by atoms with Crippen LogP contribution >= 0.6 is 11.6 Å². The van der Waals surface area contributed by atoms with Gasteiger partial charge in [0.25, 0.3) is 0 Å². The van der Waals surface area contributed by atoms with Crippen LogP contribution < -0.4 is 0 Å². The summed E-state index contributed by atoms with van der Waals surface area (Å²) in [7, 11) is 0. The second-order valence-corrected chi connectivity index (χ2v) is 4.50. The Morgan fingerprint density at radius 3 is 3.06 bits per heavy atom. The lowest BCUT2D eigenvalue weighted by Gasteiger charge is -2.05. The van der Waals surface area contributed by atoms with Gasteiger partial charge in [-0.25, -0.2) is 0 Å². The topological polar surface area (TPSA) is 15.9 Å². The molecule has 0 spiro atoms. The third-order valence-electron chi connectivity index (χ3n) is 3.13. The maximum absolute atomic E-state index is 5.75. The minimum absolute atomic E-state index is 0.548. The minimum Gasteiger partial charge on any atom is -0.292 e. The molecule has 2 unspecified atom stereocenters. The summed E-state index contributed by atoms with van der Waals surface area (Å²) >= 11 is 5.75. The van der Waals surface area contributed by atoms with Gasteiger partial charge in [-0.1, -0.05) is 18.2 Å². The molecule has 0 radical (unpaired) electrons. The van der Waals surface area contributed by atoms with Crippen LogP contribution in [0.1, 0.15) is 11.6 Å². The van der Waals surface area contributed by atoms with Crippen LogP contribution in [0, 0.1) is 0 Å². The van der Waals surface area contributed by atoms with E-state index < -0.39 is 0 Å². The number of pyridine rings is 1. The highest BCUT2D eigenvalue weighted by atomic mass is 35.5. The average molecular weight is 233 g/mol. The van der Waals surface area contributed by atoms with Gasteiger partial charge in [-0.2, -0.15) is 0 Å². The van der Waals surface area contributed by atoms with Gasteiger partial charge in [0, 0.05) is 36.6 Å². The second kappa shape index (κ2) is 4.04. The van der Waals surface area contributed by atoms with Gasteiger partial charge in [0.15, 0.2) is 0 Å². The summed E-state index contributed by atoms with van der Waals surface area (Å²) in [6.07, 6.45) is 1.90. The molecule has 3 rings (SSSR count). The summed E-state index contributed by atoms with van der Waals surface area (Å²) in [5, 5.41) is 1.27. The van der Waals surface area contributed by atoms with E-state index in [1.807, 2.05) is 12.3 Å². The second-order valence-electron chi connectivity index (χ2n) is 4.12. The molecule has 2 heterocycles. The van der Waals surface area contributed by atoms with Crippen LogP contribution in [0.15, 0.2) is 36.5 Å². The molecule has 2 atom stereocenters. The Bertz CT molecular complexity index is 507. The van der Waals surface area contributed by atoms with E-state index in [1.54, 1.807) is 0 Å². The van der Waals surface area contributed by atoms with Crippen LogP contribution in [0.3, 0.4) is 0 Å². The number of para-hydroxylation sites is 1. The Labute approximate surface area is 99.8 Å². The average Bonchev–Trinajstić information content (AvgIpc) is 3.08. The monoisotopic (exact) mass is 232 g/mol. The zero-order valence-electron chi connectivity index (χ0n) is 8.94. The molecule has 1 aromatic heterocycles. The van der Waals surface area contributed by atoms with Gasteiger partial charge in [-0.3, -0.25) is 9.88 Å². The molecule has 16 heavy (non-hydrogen) atoms. The van der Waals surface area contributed by atoms with E-state index in [-0.39, 0.29) is 0 Å². The first kappa shape index (κ1) is 10.1. The lowest BCUT2D eigenvalue weighted by molar-refractivity contribution is 0.548. The molecule has 0 N–H and O–H groups in total. The van der Waals surface area contributed by atoms with Crippen LogP contribution in [0.4, 0.5) is 0 Å². The van der Waals surface area contributed by atoms with Crippen molar-refractivity contribution in [2.75, 3.05) is 19.0 Å². The molecule has 1 saturated heterocycles. The maximum atomic E-state index is 5.75. The Morgan fingerprint density at radius 1 is 1.31 bits per heavy atom. The highest BCUT2D eigenvalue weighted by Crippen LogP contribution is 2.37. The number of benzene rings is 1. The summed E-state index contributed by atoms with van der Waals surface area (Å²) in [4.78, 5) is 6.76. The van der Waals surface area contributed by atoms with E-state index in [1.165, 1.54) is 10.9 Å². The molecule has 2 nitrogen and oxygen atoms in total. The predicted octanol–water partition coefficient (Wildman–Crippen LogP) is 2.83. The molecule has 1 aromatic carbocycles. The van der Waals surface area contributed by atoms with Gasteiger partial charge in [-0.05, 0) is 17.7 Å². The van der Waals surface area contributed by atoms with Gasteiger partial charge in [-0.15, -0.1) is 11.6 Å². The number of rotatable bonds is 3. The maximum Gasteiger partial charge on any atom is 0.0705 e. The summed E-state index contributed by atoms with van der Waals surface area (Å²) < 4.78 is 0. The van der Waals surface area contributed by atoms with Crippen molar-refractivity contribution in [3.8, 4) is 0 Å². The van der Waals surface area contributed by atoms with Crippen molar-refractivity contribution < 1.29 is 0 Å². The van der Waals surface area contributed by atoms with Crippen molar-refractivity contribution in [2.45, 2.75) is 6.04 Å². The van der Waals surface area contributed by atoms with Crippen LogP contribution in [-0.4, -0.2) is 28.9 Å². The van der Waals surface area contributed by atoms with Crippen molar-refractivity contribution in [1.82, 2.24) is 9.88 Å².